The Balaban J connectivity index is 2.51. The van der Waals surface area contributed by atoms with Gasteiger partial charge < -0.3 is 10.5 Å². The maximum Gasteiger partial charge on any atom is 0.313 e. The second-order valence-corrected chi connectivity index (χ2v) is 4.83. The number of halogens is 2. The summed E-state index contributed by atoms with van der Waals surface area (Å²) in [7, 11) is 0. The lowest BCUT2D eigenvalue weighted by Gasteiger charge is -2.14. The average molecular weight is 311 g/mol. The Morgan fingerprint density at radius 1 is 1.38 bits per heavy atom. The highest BCUT2D eigenvalue weighted by atomic mass is 35.5. The monoisotopic (exact) mass is 310 g/mol. The van der Waals surface area contributed by atoms with Crippen molar-refractivity contribution in [3.05, 3.63) is 62.9 Å². The molecule has 0 saturated heterocycles. The number of hydrogen-bond donors (Lipinski definition) is 1. The SMILES string of the molecule is C[C@@H](N)c1cc(F)ccc1Oc1c(Cl)cccc1[N+](=O)[O-]. The van der Waals surface area contributed by atoms with Gasteiger partial charge >= 0.3 is 5.69 Å². The fraction of sp³-hybridized carbons (Fsp3) is 0.143. The van der Waals surface area contributed by atoms with Crippen molar-refractivity contribution in [2.75, 3.05) is 0 Å². The Bertz CT molecular complexity index is 692. The van der Waals surface area contributed by atoms with Crippen molar-refractivity contribution in [2.45, 2.75) is 13.0 Å². The third-order valence-electron chi connectivity index (χ3n) is 2.82. The molecule has 0 radical (unpaired) electrons. The number of nitrogens with two attached hydrogens (primary N) is 1. The van der Waals surface area contributed by atoms with Crippen LogP contribution in [0, 0.1) is 15.9 Å². The minimum Gasteiger partial charge on any atom is -0.448 e. The molecule has 7 heteroatoms. The summed E-state index contributed by atoms with van der Waals surface area (Å²) in [6, 6.07) is 7.46. The zero-order valence-corrected chi connectivity index (χ0v) is 11.8. The van der Waals surface area contributed by atoms with Crippen LogP contribution in [0.4, 0.5) is 10.1 Å². The van der Waals surface area contributed by atoms with Crippen LogP contribution in [0.2, 0.25) is 5.02 Å². The largest absolute Gasteiger partial charge is 0.448 e. The van der Waals surface area contributed by atoms with Crippen LogP contribution in [0.25, 0.3) is 0 Å². The molecule has 110 valence electrons. The van der Waals surface area contributed by atoms with E-state index in [-0.39, 0.29) is 22.2 Å². The summed E-state index contributed by atoms with van der Waals surface area (Å²) in [4.78, 5) is 10.4. The molecule has 0 aliphatic heterocycles. The molecule has 0 aromatic heterocycles. The van der Waals surface area contributed by atoms with Gasteiger partial charge in [-0.1, -0.05) is 17.7 Å². The predicted octanol–water partition coefficient (Wildman–Crippen LogP) is 4.20. The molecule has 2 N–H and O–H groups in total. The van der Waals surface area contributed by atoms with Crippen molar-refractivity contribution < 1.29 is 14.1 Å². The molecule has 2 aromatic carbocycles. The number of benzene rings is 2. The van der Waals surface area contributed by atoms with Crippen molar-refractivity contribution >= 4 is 17.3 Å². The minimum absolute atomic E-state index is 0.0872. The Labute approximate surface area is 125 Å². The van der Waals surface area contributed by atoms with Crippen LogP contribution in [0.1, 0.15) is 18.5 Å². The highest BCUT2D eigenvalue weighted by Crippen LogP contribution is 2.39. The van der Waals surface area contributed by atoms with Crippen LogP contribution in [-0.4, -0.2) is 4.92 Å². The first-order valence-electron chi connectivity index (χ1n) is 6.06. The normalized spacial score (nSPS) is 12.0. The standard InChI is InChI=1S/C14H12ClFN2O3/c1-8(17)10-7-9(16)5-6-13(10)21-14-11(15)3-2-4-12(14)18(19)20/h2-8H,17H2,1H3/t8-/m1/s1. The van der Waals surface area contributed by atoms with Gasteiger partial charge in [0.2, 0.25) is 5.75 Å². The summed E-state index contributed by atoms with van der Waals surface area (Å²) in [5.41, 5.74) is 5.88. The highest BCUT2D eigenvalue weighted by Gasteiger charge is 2.21. The zero-order chi connectivity index (χ0) is 15.6. The molecule has 0 heterocycles. The number of rotatable bonds is 4. The lowest BCUT2D eigenvalue weighted by atomic mass is 10.1. The Kier molecular flexibility index (Phi) is 4.40. The first-order valence-corrected chi connectivity index (χ1v) is 6.43. The van der Waals surface area contributed by atoms with E-state index in [2.05, 4.69) is 0 Å². The van der Waals surface area contributed by atoms with Gasteiger partial charge in [-0.3, -0.25) is 10.1 Å². The van der Waals surface area contributed by atoms with Gasteiger partial charge in [-0.2, -0.15) is 0 Å². The Morgan fingerprint density at radius 3 is 2.71 bits per heavy atom. The predicted molar refractivity (Wildman–Crippen MR) is 77.2 cm³/mol. The summed E-state index contributed by atoms with van der Waals surface area (Å²) in [6.07, 6.45) is 0. The molecule has 0 fully saturated rings. The van der Waals surface area contributed by atoms with Crippen LogP contribution in [0.5, 0.6) is 11.5 Å². The summed E-state index contributed by atoms with van der Waals surface area (Å²) in [6.45, 7) is 1.66. The van der Waals surface area contributed by atoms with Gasteiger partial charge in [-0.25, -0.2) is 4.39 Å². The Hall–Kier alpha value is -2.18. The number of nitrogens with zero attached hydrogens (tertiary/aromatic N) is 1. The van der Waals surface area contributed by atoms with Crippen molar-refractivity contribution in [1.29, 1.82) is 0 Å². The van der Waals surface area contributed by atoms with Crippen LogP contribution in [0.3, 0.4) is 0 Å². The first-order chi connectivity index (χ1) is 9.90. The molecule has 2 aromatic rings. The quantitative estimate of drug-likeness (QED) is 0.678. The van der Waals surface area contributed by atoms with Gasteiger partial charge in [-0.05, 0) is 31.2 Å². The second kappa shape index (κ2) is 6.07. The number of para-hydroxylation sites is 1. The number of ether oxygens (including phenoxy) is 1. The van der Waals surface area contributed by atoms with Crippen molar-refractivity contribution in [2.24, 2.45) is 5.73 Å². The zero-order valence-electron chi connectivity index (χ0n) is 11.0. The third kappa shape index (κ3) is 3.29. The van der Waals surface area contributed by atoms with Gasteiger partial charge in [0.15, 0.2) is 0 Å². The topological polar surface area (TPSA) is 78.4 Å². The maximum atomic E-state index is 13.3. The molecule has 0 spiro atoms. The second-order valence-electron chi connectivity index (χ2n) is 4.42. The van der Waals surface area contributed by atoms with Crippen LogP contribution in [-0.2, 0) is 0 Å². The molecule has 0 aliphatic rings. The summed E-state index contributed by atoms with van der Waals surface area (Å²) >= 11 is 5.95. The van der Waals surface area contributed by atoms with E-state index in [1.54, 1.807) is 6.92 Å². The summed E-state index contributed by atoms with van der Waals surface area (Å²) in [5, 5.41) is 11.1. The summed E-state index contributed by atoms with van der Waals surface area (Å²) in [5.74, 6) is -0.344. The van der Waals surface area contributed by atoms with E-state index in [1.165, 1.54) is 36.4 Å². The van der Waals surface area contributed by atoms with E-state index in [0.717, 1.165) is 0 Å². The average Bonchev–Trinajstić information content (AvgIpc) is 2.42. The van der Waals surface area contributed by atoms with E-state index >= 15 is 0 Å². The van der Waals surface area contributed by atoms with Crippen molar-refractivity contribution in [1.82, 2.24) is 0 Å². The Morgan fingerprint density at radius 2 is 2.10 bits per heavy atom. The number of hydrogen-bond acceptors (Lipinski definition) is 4. The fourth-order valence-electron chi connectivity index (χ4n) is 1.82. The number of nitro groups is 1. The van der Waals surface area contributed by atoms with Gasteiger partial charge in [0, 0.05) is 17.7 Å². The highest BCUT2D eigenvalue weighted by molar-refractivity contribution is 6.32. The maximum absolute atomic E-state index is 13.3. The third-order valence-corrected chi connectivity index (χ3v) is 3.11. The molecule has 1 atom stereocenters. The summed E-state index contributed by atoms with van der Waals surface area (Å²) < 4.78 is 18.8. The molecule has 0 amide bonds. The minimum atomic E-state index is -0.601. The molecule has 0 aliphatic carbocycles. The van der Waals surface area contributed by atoms with E-state index in [0.29, 0.717) is 5.56 Å². The van der Waals surface area contributed by atoms with Crippen LogP contribution >= 0.6 is 11.6 Å². The van der Waals surface area contributed by atoms with E-state index in [4.69, 9.17) is 22.1 Å². The van der Waals surface area contributed by atoms with Crippen molar-refractivity contribution in [3.8, 4) is 11.5 Å². The molecule has 0 unspecified atom stereocenters. The van der Waals surface area contributed by atoms with E-state index in [1.807, 2.05) is 0 Å². The lowest BCUT2D eigenvalue weighted by molar-refractivity contribution is -0.385. The van der Waals surface area contributed by atoms with Crippen molar-refractivity contribution in [3.63, 3.8) is 0 Å². The van der Waals surface area contributed by atoms with Gasteiger partial charge in [-0.15, -0.1) is 0 Å². The van der Waals surface area contributed by atoms with Crippen LogP contribution < -0.4 is 10.5 Å². The van der Waals surface area contributed by atoms with Gasteiger partial charge in [0.25, 0.3) is 0 Å². The molecule has 0 saturated carbocycles. The molecule has 0 bridgehead atoms. The number of nitro benzene ring substituents is 1. The molecular formula is C14H12ClFN2O3. The van der Waals surface area contributed by atoms with E-state index < -0.39 is 16.8 Å². The first kappa shape index (κ1) is 15.2. The van der Waals surface area contributed by atoms with Crippen LogP contribution in [0.15, 0.2) is 36.4 Å². The van der Waals surface area contributed by atoms with E-state index in [9.17, 15) is 14.5 Å². The lowest BCUT2D eigenvalue weighted by Crippen LogP contribution is -2.07. The fourth-order valence-corrected chi connectivity index (χ4v) is 2.03. The molecule has 21 heavy (non-hydrogen) atoms. The smallest absolute Gasteiger partial charge is 0.313 e. The molecule has 5 nitrogen and oxygen atoms in total. The van der Waals surface area contributed by atoms with Gasteiger partial charge in [0.1, 0.15) is 11.6 Å². The molecular weight excluding hydrogens is 299 g/mol. The molecule has 2 rings (SSSR count). The van der Waals surface area contributed by atoms with Gasteiger partial charge in [0.05, 0.1) is 9.95 Å².